The maximum atomic E-state index is 12.2. The van der Waals surface area contributed by atoms with Gasteiger partial charge >= 0.3 is 0 Å². The summed E-state index contributed by atoms with van der Waals surface area (Å²) in [4.78, 5) is 16.3. The SMILES string of the molecule is COc1ccc(CNc2ccc(C(=O)NC3CCS(=O)(=O)C3)nc2)cc1. The fourth-order valence-electron chi connectivity index (χ4n) is 2.75. The molecule has 0 bridgehead atoms. The highest BCUT2D eigenvalue weighted by molar-refractivity contribution is 7.91. The number of amides is 1. The number of carbonyl (C=O) groups excluding carboxylic acids is 1. The molecule has 2 aromatic rings. The third kappa shape index (κ3) is 4.72. The van der Waals surface area contributed by atoms with Crippen LogP contribution >= 0.6 is 0 Å². The lowest BCUT2D eigenvalue weighted by Gasteiger charge is -2.11. The molecule has 26 heavy (non-hydrogen) atoms. The summed E-state index contributed by atoms with van der Waals surface area (Å²) in [6.45, 7) is 0.622. The van der Waals surface area contributed by atoms with Crippen molar-refractivity contribution < 1.29 is 17.9 Å². The van der Waals surface area contributed by atoms with Gasteiger partial charge in [-0.15, -0.1) is 0 Å². The van der Waals surface area contributed by atoms with E-state index >= 15 is 0 Å². The molecule has 0 radical (unpaired) electrons. The molecular weight excluding hydrogens is 354 g/mol. The summed E-state index contributed by atoms with van der Waals surface area (Å²) in [6, 6.07) is 10.8. The number of rotatable bonds is 6. The first-order valence-electron chi connectivity index (χ1n) is 8.29. The average Bonchev–Trinajstić information content (AvgIpc) is 2.99. The van der Waals surface area contributed by atoms with Crippen LogP contribution in [0.4, 0.5) is 5.69 Å². The van der Waals surface area contributed by atoms with Gasteiger partial charge in [-0.25, -0.2) is 13.4 Å². The van der Waals surface area contributed by atoms with Crippen molar-refractivity contribution in [2.24, 2.45) is 0 Å². The van der Waals surface area contributed by atoms with E-state index in [1.165, 1.54) is 0 Å². The van der Waals surface area contributed by atoms with Crippen LogP contribution in [0.2, 0.25) is 0 Å². The molecule has 1 fully saturated rings. The lowest BCUT2D eigenvalue weighted by Crippen LogP contribution is -2.36. The maximum absolute atomic E-state index is 12.2. The van der Waals surface area contributed by atoms with Crippen LogP contribution in [0, 0.1) is 0 Å². The Bertz CT molecular complexity index is 864. The predicted molar refractivity (Wildman–Crippen MR) is 99.1 cm³/mol. The monoisotopic (exact) mass is 375 g/mol. The van der Waals surface area contributed by atoms with E-state index < -0.39 is 9.84 Å². The van der Waals surface area contributed by atoms with E-state index in [2.05, 4.69) is 15.6 Å². The van der Waals surface area contributed by atoms with E-state index in [0.29, 0.717) is 13.0 Å². The summed E-state index contributed by atoms with van der Waals surface area (Å²) in [6.07, 6.45) is 2.04. The van der Waals surface area contributed by atoms with Crippen molar-refractivity contribution in [1.82, 2.24) is 10.3 Å². The van der Waals surface area contributed by atoms with Gasteiger partial charge in [-0.2, -0.15) is 0 Å². The van der Waals surface area contributed by atoms with E-state index in [4.69, 9.17) is 4.74 Å². The minimum absolute atomic E-state index is 0.000238. The molecule has 138 valence electrons. The van der Waals surface area contributed by atoms with Crippen LogP contribution in [-0.4, -0.2) is 44.0 Å². The molecule has 1 aromatic heterocycles. The zero-order chi connectivity index (χ0) is 18.6. The fourth-order valence-corrected chi connectivity index (χ4v) is 4.42. The van der Waals surface area contributed by atoms with E-state index in [1.54, 1.807) is 25.4 Å². The Balaban J connectivity index is 1.53. The predicted octanol–water partition coefficient (Wildman–Crippen LogP) is 1.62. The number of pyridine rings is 1. The molecule has 8 heteroatoms. The third-order valence-corrected chi connectivity index (χ3v) is 5.99. The molecule has 0 aliphatic carbocycles. The van der Waals surface area contributed by atoms with E-state index in [0.717, 1.165) is 17.0 Å². The molecule has 1 saturated heterocycles. The summed E-state index contributed by atoms with van der Waals surface area (Å²) in [7, 11) is -1.39. The highest BCUT2D eigenvalue weighted by Crippen LogP contribution is 2.14. The second kappa shape index (κ2) is 7.74. The highest BCUT2D eigenvalue weighted by atomic mass is 32.2. The standard InChI is InChI=1S/C18H21N3O4S/c1-25-16-5-2-13(3-6-16)10-19-14-4-7-17(20-11-14)18(22)21-15-8-9-26(23,24)12-15/h2-7,11,15,19H,8-10,12H2,1H3,(H,21,22). The minimum Gasteiger partial charge on any atom is -0.497 e. The topological polar surface area (TPSA) is 97.4 Å². The van der Waals surface area contributed by atoms with E-state index in [9.17, 15) is 13.2 Å². The number of anilines is 1. The smallest absolute Gasteiger partial charge is 0.270 e. The van der Waals surface area contributed by atoms with Gasteiger partial charge < -0.3 is 15.4 Å². The van der Waals surface area contributed by atoms with Gasteiger partial charge in [0.25, 0.3) is 5.91 Å². The molecule has 2 N–H and O–H groups in total. The number of sulfone groups is 1. The van der Waals surface area contributed by atoms with Crippen molar-refractivity contribution >= 4 is 21.4 Å². The molecule has 1 amide bonds. The van der Waals surface area contributed by atoms with Crippen LogP contribution < -0.4 is 15.4 Å². The Hall–Kier alpha value is -2.61. The molecular formula is C18H21N3O4S. The van der Waals surface area contributed by atoms with Gasteiger partial charge in [0.15, 0.2) is 9.84 Å². The first-order chi connectivity index (χ1) is 12.4. The van der Waals surface area contributed by atoms with Crippen molar-refractivity contribution in [2.75, 3.05) is 23.9 Å². The minimum atomic E-state index is -3.02. The first-order valence-corrected chi connectivity index (χ1v) is 10.1. The third-order valence-electron chi connectivity index (χ3n) is 4.22. The fraction of sp³-hybridized carbons (Fsp3) is 0.333. The summed E-state index contributed by atoms with van der Waals surface area (Å²) in [5.74, 6) is 0.578. The number of hydrogen-bond donors (Lipinski definition) is 2. The lowest BCUT2D eigenvalue weighted by atomic mass is 10.2. The molecule has 1 unspecified atom stereocenters. The van der Waals surface area contributed by atoms with Crippen molar-refractivity contribution in [2.45, 2.75) is 19.0 Å². The Kier molecular flexibility index (Phi) is 5.41. The first kappa shape index (κ1) is 18.2. The molecule has 2 heterocycles. The number of carbonyl (C=O) groups is 1. The van der Waals surface area contributed by atoms with Gasteiger partial charge in [0.05, 0.1) is 30.5 Å². The van der Waals surface area contributed by atoms with Crippen LogP contribution in [-0.2, 0) is 16.4 Å². The van der Waals surface area contributed by atoms with Gasteiger partial charge in [-0.3, -0.25) is 4.79 Å². The Morgan fingerprint density at radius 1 is 1.23 bits per heavy atom. The number of benzene rings is 1. The largest absolute Gasteiger partial charge is 0.497 e. The molecule has 1 aliphatic rings. The second-order valence-electron chi connectivity index (χ2n) is 6.21. The average molecular weight is 375 g/mol. The molecule has 1 atom stereocenters. The summed E-state index contributed by atoms with van der Waals surface area (Å²) in [5.41, 5.74) is 2.15. The molecule has 0 saturated carbocycles. The number of nitrogens with zero attached hydrogens (tertiary/aromatic N) is 1. The Morgan fingerprint density at radius 3 is 2.58 bits per heavy atom. The quantitative estimate of drug-likeness (QED) is 0.796. The molecule has 7 nitrogen and oxygen atoms in total. The number of hydrogen-bond acceptors (Lipinski definition) is 6. The van der Waals surface area contributed by atoms with Gasteiger partial charge in [0.2, 0.25) is 0 Å². The van der Waals surface area contributed by atoms with Gasteiger partial charge in [0.1, 0.15) is 11.4 Å². The van der Waals surface area contributed by atoms with Gasteiger partial charge in [0, 0.05) is 12.6 Å². The maximum Gasteiger partial charge on any atom is 0.270 e. The summed E-state index contributed by atoms with van der Waals surface area (Å²) < 4.78 is 28.0. The van der Waals surface area contributed by atoms with Crippen molar-refractivity contribution in [3.8, 4) is 5.75 Å². The number of methoxy groups -OCH3 is 1. The molecule has 1 aliphatic heterocycles. The van der Waals surface area contributed by atoms with Gasteiger partial charge in [-0.1, -0.05) is 12.1 Å². The normalized spacial score (nSPS) is 18.3. The molecule has 3 rings (SSSR count). The van der Waals surface area contributed by atoms with Crippen LogP contribution in [0.25, 0.3) is 0 Å². The van der Waals surface area contributed by atoms with E-state index in [-0.39, 0.29) is 29.1 Å². The van der Waals surface area contributed by atoms with Gasteiger partial charge in [-0.05, 0) is 36.2 Å². The Morgan fingerprint density at radius 2 is 2.00 bits per heavy atom. The molecule has 0 spiro atoms. The van der Waals surface area contributed by atoms with Crippen LogP contribution in [0.5, 0.6) is 5.75 Å². The van der Waals surface area contributed by atoms with Crippen molar-refractivity contribution in [3.05, 3.63) is 53.9 Å². The summed E-state index contributed by atoms with van der Waals surface area (Å²) in [5, 5.41) is 5.96. The van der Waals surface area contributed by atoms with E-state index in [1.807, 2.05) is 24.3 Å². The van der Waals surface area contributed by atoms with Crippen LogP contribution in [0.3, 0.4) is 0 Å². The number of ether oxygens (including phenoxy) is 1. The van der Waals surface area contributed by atoms with Crippen molar-refractivity contribution in [1.29, 1.82) is 0 Å². The number of aromatic nitrogens is 1. The zero-order valence-electron chi connectivity index (χ0n) is 14.4. The lowest BCUT2D eigenvalue weighted by molar-refractivity contribution is 0.0936. The van der Waals surface area contributed by atoms with Crippen LogP contribution in [0.1, 0.15) is 22.5 Å². The highest BCUT2D eigenvalue weighted by Gasteiger charge is 2.29. The molecule has 1 aromatic carbocycles. The second-order valence-corrected chi connectivity index (χ2v) is 8.44. The van der Waals surface area contributed by atoms with Crippen LogP contribution in [0.15, 0.2) is 42.6 Å². The zero-order valence-corrected chi connectivity index (χ0v) is 15.3. The van der Waals surface area contributed by atoms with Crippen molar-refractivity contribution in [3.63, 3.8) is 0 Å². The number of nitrogens with one attached hydrogen (secondary N) is 2. The summed E-state index contributed by atoms with van der Waals surface area (Å²) >= 11 is 0. The Labute approximate surface area is 152 Å².